The maximum Gasteiger partial charge on any atom is 0.277 e. The van der Waals surface area contributed by atoms with Gasteiger partial charge < -0.3 is 14.4 Å². The summed E-state index contributed by atoms with van der Waals surface area (Å²) >= 11 is 0. The summed E-state index contributed by atoms with van der Waals surface area (Å²) in [6.45, 7) is 3.10. The molecule has 0 bridgehead atoms. The van der Waals surface area contributed by atoms with Gasteiger partial charge in [0.2, 0.25) is 5.91 Å². The molecule has 27 heavy (non-hydrogen) atoms. The van der Waals surface area contributed by atoms with Gasteiger partial charge in [0.05, 0.1) is 19.6 Å². The van der Waals surface area contributed by atoms with Gasteiger partial charge in [-0.3, -0.25) is 14.4 Å². The molecule has 0 aliphatic carbocycles. The fraction of sp³-hybridized carbons (Fsp3) is 0.600. The van der Waals surface area contributed by atoms with Gasteiger partial charge in [0.1, 0.15) is 11.9 Å². The van der Waals surface area contributed by atoms with E-state index in [1.54, 1.807) is 19.2 Å². The number of benzene rings is 1. The van der Waals surface area contributed by atoms with E-state index in [9.17, 15) is 9.59 Å². The number of hydrogen-bond donors (Lipinski definition) is 0. The number of methoxy groups -OCH3 is 1. The molecule has 0 saturated carbocycles. The summed E-state index contributed by atoms with van der Waals surface area (Å²) in [7, 11) is 1.60. The number of hydrogen-bond acceptors (Lipinski definition) is 5. The van der Waals surface area contributed by atoms with Crippen LogP contribution in [0, 0.1) is 0 Å². The first kappa shape index (κ1) is 19.6. The van der Waals surface area contributed by atoms with Crippen LogP contribution < -0.4 is 4.74 Å². The van der Waals surface area contributed by atoms with Gasteiger partial charge in [-0.25, -0.2) is 5.06 Å². The molecule has 2 aliphatic rings. The molecular formula is C20H28N2O5. The van der Waals surface area contributed by atoms with Crippen molar-refractivity contribution in [2.24, 2.45) is 0 Å². The van der Waals surface area contributed by atoms with Gasteiger partial charge in [-0.15, -0.1) is 0 Å². The number of hydroxylamine groups is 2. The smallest absolute Gasteiger partial charge is 0.277 e. The molecule has 3 rings (SSSR count). The minimum absolute atomic E-state index is 0.0865. The van der Waals surface area contributed by atoms with Crippen LogP contribution in [-0.2, 0) is 14.4 Å². The minimum Gasteiger partial charge on any atom is -0.490 e. The van der Waals surface area contributed by atoms with E-state index in [2.05, 4.69) is 0 Å². The van der Waals surface area contributed by atoms with E-state index in [-0.39, 0.29) is 17.9 Å². The molecule has 7 heteroatoms. The molecule has 0 aromatic heterocycles. The van der Waals surface area contributed by atoms with Crippen molar-refractivity contribution < 1.29 is 23.9 Å². The predicted octanol–water partition coefficient (Wildman–Crippen LogP) is 2.26. The van der Waals surface area contributed by atoms with Crippen molar-refractivity contribution >= 4 is 11.8 Å². The van der Waals surface area contributed by atoms with Crippen molar-refractivity contribution in [2.45, 2.75) is 38.2 Å². The quantitative estimate of drug-likeness (QED) is 0.762. The zero-order valence-corrected chi connectivity index (χ0v) is 15.9. The zero-order chi connectivity index (χ0) is 19.1. The Balaban J connectivity index is 1.46. The minimum atomic E-state index is -0.107. The fourth-order valence-corrected chi connectivity index (χ4v) is 3.34. The van der Waals surface area contributed by atoms with Gasteiger partial charge in [-0.1, -0.05) is 0 Å². The molecule has 2 saturated heterocycles. The van der Waals surface area contributed by atoms with Crippen molar-refractivity contribution in [3.8, 4) is 5.75 Å². The first-order chi connectivity index (χ1) is 13.2. The molecular weight excluding hydrogens is 348 g/mol. The lowest BCUT2D eigenvalue weighted by Crippen LogP contribution is -2.42. The number of amides is 2. The maximum absolute atomic E-state index is 12.4. The molecule has 0 radical (unpaired) electrons. The number of piperidine rings is 1. The van der Waals surface area contributed by atoms with Crippen LogP contribution in [0.15, 0.2) is 24.3 Å². The monoisotopic (exact) mass is 376 g/mol. The Kier molecular flexibility index (Phi) is 7.06. The van der Waals surface area contributed by atoms with Crippen LogP contribution in [0.5, 0.6) is 5.75 Å². The third kappa shape index (κ3) is 5.43. The second-order valence-electron chi connectivity index (χ2n) is 6.91. The summed E-state index contributed by atoms with van der Waals surface area (Å²) in [4.78, 5) is 31.7. The molecule has 148 valence electrons. The molecule has 0 unspecified atom stereocenters. The zero-order valence-electron chi connectivity index (χ0n) is 15.9. The molecule has 7 nitrogen and oxygen atoms in total. The summed E-state index contributed by atoms with van der Waals surface area (Å²) < 4.78 is 11.0. The summed E-state index contributed by atoms with van der Waals surface area (Å²) in [6, 6.07) is 7.21. The maximum atomic E-state index is 12.4. The van der Waals surface area contributed by atoms with E-state index in [4.69, 9.17) is 14.3 Å². The Labute approximate surface area is 160 Å². The van der Waals surface area contributed by atoms with E-state index < -0.39 is 0 Å². The molecule has 1 aromatic carbocycles. The Hall–Kier alpha value is -2.12. The second-order valence-corrected chi connectivity index (χ2v) is 6.91. The van der Waals surface area contributed by atoms with Crippen LogP contribution in [0.25, 0.3) is 0 Å². The third-order valence-corrected chi connectivity index (χ3v) is 4.95. The van der Waals surface area contributed by atoms with E-state index in [1.165, 1.54) is 5.06 Å². The third-order valence-electron chi connectivity index (χ3n) is 4.95. The molecule has 2 heterocycles. The summed E-state index contributed by atoms with van der Waals surface area (Å²) in [5, 5.41) is 1.44. The van der Waals surface area contributed by atoms with E-state index in [0.29, 0.717) is 44.8 Å². The van der Waals surface area contributed by atoms with Crippen LogP contribution in [0.3, 0.4) is 0 Å². The first-order valence-electron chi connectivity index (χ1n) is 9.65. The number of rotatable bonds is 6. The standard InChI is InChI=1S/C20H28N2O5/c1-25-15-10-19(23)21-12-8-18(9-13-21)27-17-6-4-16(5-7-17)20(24)22-11-2-3-14-26-22/h4-7,18H,2-3,8-15H2,1H3. The van der Waals surface area contributed by atoms with E-state index in [1.807, 2.05) is 17.0 Å². The van der Waals surface area contributed by atoms with Crippen molar-refractivity contribution in [3.05, 3.63) is 29.8 Å². The molecule has 0 N–H and O–H groups in total. The van der Waals surface area contributed by atoms with Gasteiger partial charge in [0.15, 0.2) is 0 Å². The Morgan fingerprint density at radius 1 is 1.11 bits per heavy atom. The number of ether oxygens (including phenoxy) is 2. The SMILES string of the molecule is COCCC(=O)N1CCC(Oc2ccc(C(=O)N3CCCCO3)cc2)CC1. The molecule has 0 atom stereocenters. The Bertz CT molecular complexity index is 620. The second kappa shape index (κ2) is 9.71. The number of nitrogens with zero attached hydrogens (tertiary/aromatic N) is 2. The van der Waals surface area contributed by atoms with Crippen molar-refractivity contribution in [2.75, 3.05) is 40.0 Å². The Morgan fingerprint density at radius 2 is 1.85 bits per heavy atom. The first-order valence-corrected chi connectivity index (χ1v) is 9.65. The van der Waals surface area contributed by atoms with Gasteiger partial charge >= 0.3 is 0 Å². The highest BCUT2D eigenvalue weighted by molar-refractivity contribution is 5.93. The van der Waals surface area contributed by atoms with Crippen molar-refractivity contribution in [1.82, 2.24) is 9.96 Å². The average molecular weight is 376 g/mol. The van der Waals surface area contributed by atoms with Gasteiger partial charge in [0.25, 0.3) is 5.91 Å². The van der Waals surface area contributed by atoms with Crippen LogP contribution in [0.4, 0.5) is 0 Å². The van der Waals surface area contributed by atoms with Crippen molar-refractivity contribution in [1.29, 1.82) is 0 Å². The van der Waals surface area contributed by atoms with Gasteiger partial charge in [0, 0.05) is 45.1 Å². The topological polar surface area (TPSA) is 68.3 Å². The van der Waals surface area contributed by atoms with Gasteiger partial charge in [-0.05, 0) is 37.1 Å². The van der Waals surface area contributed by atoms with Crippen LogP contribution >= 0.6 is 0 Å². The molecule has 2 aliphatic heterocycles. The fourth-order valence-electron chi connectivity index (χ4n) is 3.34. The van der Waals surface area contributed by atoms with E-state index in [0.717, 1.165) is 31.4 Å². The summed E-state index contributed by atoms with van der Waals surface area (Å²) in [6.07, 6.45) is 4.09. The summed E-state index contributed by atoms with van der Waals surface area (Å²) in [5.41, 5.74) is 0.600. The highest BCUT2D eigenvalue weighted by Crippen LogP contribution is 2.21. The molecule has 1 aromatic rings. The number of carbonyl (C=O) groups excluding carboxylic acids is 2. The van der Waals surface area contributed by atoms with Crippen molar-refractivity contribution in [3.63, 3.8) is 0 Å². The highest BCUT2D eigenvalue weighted by atomic mass is 16.7. The van der Waals surface area contributed by atoms with Crippen LogP contribution in [0.2, 0.25) is 0 Å². The van der Waals surface area contributed by atoms with Crippen LogP contribution in [-0.4, -0.2) is 67.8 Å². The Morgan fingerprint density at radius 3 is 2.48 bits per heavy atom. The lowest BCUT2D eigenvalue weighted by atomic mass is 10.1. The average Bonchev–Trinajstić information content (AvgIpc) is 2.73. The predicted molar refractivity (Wildman–Crippen MR) is 99.4 cm³/mol. The molecule has 2 amide bonds. The van der Waals surface area contributed by atoms with E-state index >= 15 is 0 Å². The van der Waals surface area contributed by atoms with Crippen LogP contribution in [0.1, 0.15) is 42.5 Å². The normalized spacial score (nSPS) is 18.4. The molecule has 2 fully saturated rings. The number of carbonyl (C=O) groups is 2. The largest absolute Gasteiger partial charge is 0.490 e. The molecule has 0 spiro atoms. The summed E-state index contributed by atoms with van der Waals surface area (Å²) in [5.74, 6) is 0.775. The van der Waals surface area contributed by atoms with Gasteiger partial charge in [-0.2, -0.15) is 0 Å². The lowest BCUT2D eigenvalue weighted by molar-refractivity contribution is -0.144. The number of likely N-dealkylation sites (tertiary alicyclic amines) is 1. The highest BCUT2D eigenvalue weighted by Gasteiger charge is 2.24. The lowest BCUT2D eigenvalue weighted by Gasteiger charge is -2.32.